The Bertz CT molecular complexity index is 590. The van der Waals surface area contributed by atoms with E-state index < -0.39 is 0 Å². The van der Waals surface area contributed by atoms with Crippen LogP contribution in [0, 0.1) is 12.3 Å². The number of methoxy groups -OCH3 is 1. The molecule has 128 valence electrons. The number of ether oxygens (including phenoxy) is 1. The molecule has 0 amide bonds. The fourth-order valence-corrected chi connectivity index (χ4v) is 3.03. The molecule has 0 atom stereocenters. The second-order valence-electron chi connectivity index (χ2n) is 7.56. The quantitative estimate of drug-likeness (QED) is 0.684. The van der Waals surface area contributed by atoms with Crippen molar-refractivity contribution >= 4 is 5.96 Å². The maximum atomic E-state index is 5.40. The number of rotatable bonds is 4. The van der Waals surface area contributed by atoms with Gasteiger partial charge in [0.15, 0.2) is 5.96 Å². The third-order valence-electron chi connectivity index (χ3n) is 5.52. The minimum atomic E-state index is 0.127. The van der Waals surface area contributed by atoms with Crippen molar-refractivity contribution in [1.29, 1.82) is 0 Å². The van der Waals surface area contributed by atoms with Gasteiger partial charge in [0.1, 0.15) is 5.75 Å². The van der Waals surface area contributed by atoms with Crippen molar-refractivity contribution in [3.05, 3.63) is 29.3 Å². The van der Waals surface area contributed by atoms with Gasteiger partial charge in [-0.05, 0) is 44.4 Å². The van der Waals surface area contributed by atoms with Gasteiger partial charge in [0.05, 0.1) is 7.11 Å². The van der Waals surface area contributed by atoms with Gasteiger partial charge in [-0.2, -0.15) is 0 Å². The molecule has 0 bridgehead atoms. The molecule has 1 N–H and O–H groups in total. The van der Waals surface area contributed by atoms with Crippen molar-refractivity contribution < 1.29 is 4.74 Å². The van der Waals surface area contributed by atoms with Gasteiger partial charge in [-0.1, -0.05) is 26.0 Å². The summed E-state index contributed by atoms with van der Waals surface area (Å²) in [7, 11) is 3.58. The summed E-state index contributed by atoms with van der Waals surface area (Å²) in [5, 5.41) is 3.50. The van der Waals surface area contributed by atoms with E-state index in [-0.39, 0.29) is 5.54 Å². The summed E-state index contributed by atoms with van der Waals surface area (Å²) in [6, 6.07) is 6.40. The molecule has 1 aliphatic rings. The lowest BCUT2D eigenvalue weighted by molar-refractivity contribution is -0.0666. The van der Waals surface area contributed by atoms with Crippen molar-refractivity contribution in [2.75, 3.05) is 27.2 Å². The molecule has 2 rings (SSSR count). The Labute approximate surface area is 140 Å². The van der Waals surface area contributed by atoms with E-state index in [0.29, 0.717) is 5.41 Å². The van der Waals surface area contributed by atoms with E-state index in [0.717, 1.165) is 31.2 Å². The summed E-state index contributed by atoms with van der Waals surface area (Å²) in [4.78, 5) is 6.82. The van der Waals surface area contributed by atoms with E-state index in [9.17, 15) is 0 Å². The SMILES string of the molecule is CN=C(NCCc1ccc(C)c(OC)c1)N1CC(C)(C)C1(C)C. The van der Waals surface area contributed by atoms with E-state index in [4.69, 9.17) is 4.74 Å². The van der Waals surface area contributed by atoms with E-state index in [1.165, 1.54) is 11.1 Å². The van der Waals surface area contributed by atoms with Crippen molar-refractivity contribution in [1.82, 2.24) is 10.2 Å². The molecular weight excluding hydrogens is 286 g/mol. The fourth-order valence-electron chi connectivity index (χ4n) is 3.03. The van der Waals surface area contributed by atoms with Gasteiger partial charge in [0.2, 0.25) is 0 Å². The third kappa shape index (κ3) is 3.31. The van der Waals surface area contributed by atoms with Crippen LogP contribution in [0.15, 0.2) is 23.2 Å². The van der Waals surface area contributed by atoms with Crippen LogP contribution in [0.4, 0.5) is 0 Å². The molecule has 1 aliphatic heterocycles. The average Bonchev–Trinajstić information content (AvgIpc) is 2.51. The molecule has 0 spiro atoms. The van der Waals surface area contributed by atoms with E-state index in [1.54, 1.807) is 7.11 Å². The van der Waals surface area contributed by atoms with Crippen LogP contribution in [0.1, 0.15) is 38.8 Å². The first-order valence-electron chi connectivity index (χ1n) is 8.35. The van der Waals surface area contributed by atoms with Gasteiger partial charge in [-0.15, -0.1) is 0 Å². The zero-order chi connectivity index (χ0) is 17.3. The lowest BCUT2D eigenvalue weighted by atomic mass is 9.65. The predicted molar refractivity (Wildman–Crippen MR) is 97.4 cm³/mol. The summed E-state index contributed by atoms with van der Waals surface area (Å²) < 4.78 is 5.40. The zero-order valence-corrected chi connectivity index (χ0v) is 15.7. The van der Waals surface area contributed by atoms with Gasteiger partial charge in [0.25, 0.3) is 0 Å². The van der Waals surface area contributed by atoms with Crippen LogP contribution in [0.3, 0.4) is 0 Å². The summed E-state index contributed by atoms with van der Waals surface area (Å²) in [5.74, 6) is 1.95. The second-order valence-corrected chi connectivity index (χ2v) is 7.56. The Morgan fingerprint density at radius 2 is 2.00 bits per heavy atom. The number of nitrogens with one attached hydrogen (secondary N) is 1. The molecule has 4 heteroatoms. The lowest BCUT2D eigenvalue weighted by Gasteiger charge is -2.62. The number of hydrogen-bond acceptors (Lipinski definition) is 2. The number of aliphatic imine (C=N–C) groups is 1. The molecule has 1 aromatic rings. The van der Waals surface area contributed by atoms with Crippen LogP contribution in [-0.4, -0.2) is 43.6 Å². The molecule has 23 heavy (non-hydrogen) atoms. The van der Waals surface area contributed by atoms with Crippen LogP contribution in [0.25, 0.3) is 0 Å². The molecule has 1 heterocycles. The minimum absolute atomic E-state index is 0.127. The molecular formula is C19H31N3O. The smallest absolute Gasteiger partial charge is 0.194 e. The largest absolute Gasteiger partial charge is 0.496 e. The molecule has 1 aromatic carbocycles. The summed E-state index contributed by atoms with van der Waals surface area (Å²) in [6.07, 6.45) is 0.952. The number of guanidine groups is 1. The van der Waals surface area contributed by atoms with Crippen molar-refractivity contribution in [2.24, 2.45) is 10.4 Å². The number of aryl methyl sites for hydroxylation is 1. The van der Waals surface area contributed by atoms with Crippen LogP contribution in [0.5, 0.6) is 5.75 Å². The van der Waals surface area contributed by atoms with Gasteiger partial charge in [-0.3, -0.25) is 4.99 Å². The third-order valence-corrected chi connectivity index (χ3v) is 5.52. The minimum Gasteiger partial charge on any atom is -0.496 e. The molecule has 4 nitrogen and oxygen atoms in total. The highest BCUT2D eigenvalue weighted by Gasteiger charge is 2.53. The summed E-state index contributed by atoms with van der Waals surface area (Å²) >= 11 is 0. The van der Waals surface area contributed by atoms with Gasteiger partial charge in [0, 0.05) is 31.1 Å². The van der Waals surface area contributed by atoms with Crippen molar-refractivity contribution in [3.63, 3.8) is 0 Å². The summed E-state index contributed by atoms with van der Waals surface area (Å²) in [5.41, 5.74) is 2.89. The molecule has 1 saturated heterocycles. The predicted octanol–water partition coefficient (Wildman–Crippen LogP) is 3.24. The Hall–Kier alpha value is -1.71. The van der Waals surface area contributed by atoms with Crippen LogP contribution >= 0.6 is 0 Å². The van der Waals surface area contributed by atoms with Gasteiger partial charge < -0.3 is 15.0 Å². The molecule has 0 aromatic heterocycles. The second kappa shape index (κ2) is 6.42. The fraction of sp³-hybridized carbons (Fsp3) is 0.632. The Balaban J connectivity index is 1.93. The van der Waals surface area contributed by atoms with E-state index >= 15 is 0 Å². The van der Waals surface area contributed by atoms with Gasteiger partial charge >= 0.3 is 0 Å². The van der Waals surface area contributed by atoms with Crippen LogP contribution < -0.4 is 10.1 Å². The number of benzene rings is 1. The highest BCUT2D eigenvalue weighted by molar-refractivity contribution is 5.82. The standard InChI is InChI=1S/C19H31N3O/c1-14-8-9-15(12-16(14)23-7)10-11-21-17(20-6)22-13-18(2,3)19(22,4)5/h8-9,12H,10-11,13H2,1-7H3,(H,20,21). The maximum absolute atomic E-state index is 5.40. The molecule has 0 aliphatic carbocycles. The van der Waals surface area contributed by atoms with Crippen LogP contribution in [-0.2, 0) is 6.42 Å². The monoisotopic (exact) mass is 317 g/mol. The Morgan fingerprint density at radius 1 is 1.30 bits per heavy atom. The number of likely N-dealkylation sites (tertiary alicyclic amines) is 1. The first-order valence-corrected chi connectivity index (χ1v) is 8.35. The lowest BCUT2D eigenvalue weighted by Crippen LogP contribution is -2.72. The molecule has 1 fully saturated rings. The van der Waals surface area contributed by atoms with Crippen molar-refractivity contribution in [3.8, 4) is 5.75 Å². The highest BCUT2D eigenvalue weighted by atomic mass is 16.5. The zero-order valence-electron chi connectivity index (χ0n) is 15.7. The summed E-state index contributed by atoms with van der Waals surface area (Å²) in [6.45, 7) is 13.2. The topological polar surface area (TPSA) is 36.9 Å². The number of hydrogen-bond donors (Lipinski definition) is 1. The van der Waals surface area contributed by atoms with Crippen LogP contribution in [0.2, 0.25) is 0 Å². The average molecular weight is 317 g/mol. The molecule has 0 radical (unpaired) electrons. The first kappa shape index (κ1) is 17.6. The first-order chi connectivity index (χ1) is 10.7. The van der Waals surface area contributed by atoms with Crippen molar-refractivity contribution in [2.45, 2.75) is 46.6 Å². The van der Waals surface area contributed by atoms with E-state index in [1.807, 2.05) is 7.05 Å². The molecule has 0 unspecified atom stereocenters. The highest BCUT2D eigenvalue weighted by Crippen LogP contribution is 2.46. The normalized spacial score (nSPS) is 19.3. The Morgan fingerprint density at radius 3 is 2.52 bits per heavy atom. The van der Waals surface area contributed by atoms with E-state index in [2.05, 4.69) is 68.0 Å². The molecule has 0 saturated carbocycles. The Kier molecular flexibility index (Phi) is 4.92. The number of nitrogens with zero attached hydrogens (tertiary/aromatic N) is 2. The maximum Gasteiger partial charge on any atom is 0.194 e. The van der Waals surface area contributed by atoms with Gasteiger partial charge in [-0.25, -0.2) is 0 Å².